The maximum Gasteiger partial charge on any atom is 0.410 e. The van der Waals surface area contributed by atoms with Gasteiger partial charge in [-0.3, -0.25) is 4.90 Å². The summed E-state index contributed by atoms with van der Waals surface area (Å²) in [6.07, 6.45) is 3.40. The van der Waals surface area contributed by atoms with E-state index in [1.54, 1.807) is 9.80 Å². The van der Waals surface area contributed by atoms with Gasteiger partial charge in [-0.05, 0) is 60.8 Å². The standard InChI is InChI=1S/C20H36N2O5/c1-19(2,3)26-17(24)21-13-14(11-12-23)22(18(25)27-20(4,5)6)16-10-8-7-9-15(16)21/h14-16,23H,7-13H2,1-6H3/t14-,15+,16+/m1/s1. The summed E-state index contributed by atoms with van der Waals surface area (Å²) in [6.45, 7) is 11.4. The van der Waals surface area contributed by atoms with Gasteiger partial charge in [-0.2, -0.15) is 0 Å². The number of hydrogen-bond acceptors (Lipinski definition) is 5. The molecule has 0 radical (unpaired) electrons. The predicted octanol–water partition coefficient (Wildman–Crippen LogP) is 3.54. The lowest BCUT2D eigenvalue weighted by atomic mass is 9.84. The van der Waals surface area contributed by atoms with Gasteiger partial charge in [0.05, 0.1) is 18.1 Å². The molecule has 2 fully saturated rings. The van der Waals surface area contributed by atoms with Gasteiger partial charge in [0.1, 0.15) is 11.2 Å². The molecular weight excluding hydrogens is 348 g/mol. The number of aliphatic hydroxyl groups excluding tert-OH is 1. The molecule has 2 aliphatic rings. The Labute approximate surface area is 163 Å². The molecule has 1 heterocycles. The van der Waals surface area contributed by atoms with E-state index in [4.69, 9.17) is 9.47 Å². The monoisotopic (exact) mass is 384 g/mol. The highest BCUT2D eigenvalue weighted by Crippen LogP contribution is 2.35. The first-order valence-electron chi connectivity index (χ1n) is 10.0. The van der Waals surface area contributed by atoms with Gasteiger partial charge in [-0.15, -0.1) is 0 Å². The topological polar surface area (TPSA) is 79.3 Å². The summed E-state index contributed by atoms with van der Waals surface area (Å²) in [6, 6.07) is -0.459. The van der Waals surface area contributed by atoms with Gasteiger partial charge in [-0.25, -0.2) is 9.59 Å². The maximum absolute atomic E-state index is 12.9. The molecule has 1 saturated carbocycles. The number of hydrogen-bond donors (Lipinski definition) is 1. The summed E-state index contributed by atoms with van der Waals surface area (Å²) in [5, 5.41) is 9.54. The summed E-state index contributed by atoms with van der Waals surface area (Å²) in [4.78, 5) is 29.3. The van der Waals surface area contributed by atoms with E-state index in [1.807, 2.05) is 41.5 Å². The van der Waals surface area contributed by atoms with Crippen molar-refractivity contribution in [1.29, 1.82) is 0 Å². The Kier molecular flexibility index (Phi) is 6.66. The van der Waals surface area contributed by atoms with Crippen LogP contribution in [0.4, 0.5) is 9.59 Å². The molecule has 7 heteroatoms. The number of aliphatic hydroxyl groups is 1. The zero-order valence-corrected chi connectivity index (χ0v) is 17.7. The van der Waals surface area contributed by atoms with Crippen molar-refractivity contribution in [3.63, 3.8) is 0 Å². The molecule has 2 rings (SSSR count). The van der Waals surface area contributed by atoms with Gasteiger partial charge in [0.15, 0.2) is 0 Å². The Bertz CT molecular complexity index is 537. The highest BCUT2D eigenvalue weighted by molar-refractivity contribution is 5.72. The van der Waals surface area contributed by atoms with Gasteiger partial charge in [0.2, 0.25) is 0 Å². The molecule has 7 nitrogen and oxygen atoms in total. The molecule has 1 saturated heterocycles. The SMILES string of the molecule is CC(C)(C)OC(=O)N1C[C@@H](CCO)N(C(=O)OC(C)(C)C)[C@H]2CCCC[C@@H]21. The molecule has 156 valence electrons. The van der Waals surface area contributed by atoms with Crippen LogP contribution in [-0.2, 0) is 9.47 Å². The quantitative estimate of drug-likeness (QED) is 0.788. The number of ether oxygens (including phenoxy) is 2. The van der Waals surface area contributed by atoms with Crippen molar-refractivity contribution in [1.82, 2.24) is 9.80 Å². The zero-order chi connectivity index (χ0) is 20.4. The number of piperazine rings is 1. The first kappa shape index (κ1) is 21.8. The first-order chi connectivity index (χ1) is 12.4. The van der Waals surface area contributed by atoms with Crippen molar-refractivity contribution in [2.24, 2.45) is 0 Å². The lowest BCUT2D eigenvalue weighted by molar-refractivity contribution is -0.0657. The number of carbonyl (C=O) groups is 2. The van der Waals surface area contributed by atoms with Crippen LogP contribution in [0, 0.1) is 0 Å². The van der Waals surface area contributed by atoms with Crippen LogP contribution in [0.2, 0.25) is 0 Å². The average Bonchev–Trinajstić information content (AvgIpc) is 2.50. The molecule has 1 aliphatic heterocycles. The van der Waals surface area contributed by atoms with E-state index in [-0.39, 0.29) is 36.9 Å². The van der Waals surface area contributed by atoms with Crippen LogP contribution in [0.15, 0.2) is 0 Å². The zero-order valence-electron chi connectivity index (χ0n) is 17.7. The summed E-state index contributed by atoms with van der Waals surface area (Å²) in [7, 11) is 0. The van der Waals surface area contributed by atoms with Crippen molar-refractivity contribution in [3.8, 4) is 0 Å². The Morgan fingerprint density at radius 1 is 0.926 bits per heavy atom. The molecule has 0 spiro atoms. The van der Waals surface area contributed by atoms with E-state index >= 15 is 0 Å². The van der Waals surface area contributed by atoms with Gasteiger partial charge < -0.3 is 19.5 Å². The molecular formula is C20H36N2O5. The third-order valence-electron chi connectivity index (χ3n) is 4.95. The van der Waals surface area contributed by atoms with Crippen molar-refractivity contribution >= 4 is 12.2 Å². The van der Waals surface area contributed by atoms with Gasteiger partial charge in [-0.1, -0.05) is 12.8 Å². The lowest BCUT2D eigenvalue weighted by Crippen LogP contribution is -2.68. The van der Waals surface area contributed by atoms with Gasteiger partial charge in [0, 0.05) is 13.2 Å². The lowest BCUT2D eigenvalue weighted by Gasteiger charge is -2.53. The van der Waals surface area contributed by atoms with E-state index in [9.17, 15) is 14.7 Å². The molecule has 27 heavy (non-hydrogen) atoms. The molecule has 0 aromatic carbocycles. The smallest absolute Gasteiger partial charge is 0.410 e. The minimum atomic E-state index is -0.590. The summed E-state index contributed by atoms with van der Waals surface area (Å²) < 4.78 is 11.3. The molecule has 0 aromatic heterocycles. The van der Waals surface area contributed by atoms with Crippen LogP contribution < -0.4 is 0 Å². The number of amides is 2. The molecule has 2 amide bonds. The fraction of sp³-hybridized carbons (Fsp3) is 0.900. The van der Waals surface area contributed by atoms with E-state index < -0.39 is 11.2 Å². The summed E-state index contributed by atoms with van der Waals surface area (Å²) in [5.41, 5.74) is -1.16. The second-order valence-electron chi connectivity index (χ2n) is 9.61. The van der Waals surface area contributed by atoms with Crippen LogP contribution in [0.3, 0.4) is 0 Å². The van der Waals surface area contributed by atoms with Crippen LogP contribution in [0.25, 0.3) is 0 Å². The fourth-order valence-electron chi connectivity index (χ4n) is 4.01. The van der Waals surface area contributed by atoms with Crippen molar-refractivity contribution in [3.05, 3.63) is 0 Å². The second-order valence-corrected chi connectivity index (χ2v) is 9.61. The summed E-state index contributed by atoms with van der Waals surface area (Å²) >= 11 is 0. The number of carbonyl (C=O) groups excluding carboxylic acids is 2. The van der Waals surface area contributed by atoms with E-state index in [2.05, 4.69) is 0 Å². The number of nitrogens with zero attached hydrogens (tertiary/aromatic N) is 2. The van der Waals surface area contributed by atoms with Crippen molar-refractivity contribution in [2.75, 3.05) is 13.2 Å². The Morgan fingerprint density at radius 3 is 1.96 bits per heavy atom. The predicted molar refractivity (Wildman–Crippen MR) is 103 cm³/mol. The van der Waals surface area contributed by atoms with Crippen molar-refractivity contribution < 1.29 is 24.2 Å². The largest absolute Gasteiger partial charge is 0.444 e. The first-order valence-corrected chi connectivity index (χ1v) is 10.0. The van der Waals surface area contributed by atoms with E-state index in [0.717, 1.165) is 25.7 Å². The molecule has 1 N–H and O–H groups in total. The van der Waals surface area contributed by atoms with Gasteiger partial charge in [0.25, 0.3) is 0 Å². The number of fused-ring (bicyclic) bond motifs is 1. The van der Waals surface area contributed by atoms with E-state index in [1.165, 1.54) is 0 Å². The fourth-order valence-corrected chi connectivity index (χ4v) is 4.01. The highest BCUT2D eigenvalue weighted by Gasteiger charge is 2.48. The Balaban J connectivity index is 2.29. The maximum atomic E-state index is 12.9. The normalized spacial score (nSPS) is 26.4. The molecule has 1 aliphatic carbocycles. The third kappa shape index (κ3) is 5.74. The Morgan fingerprint density at radius 2 is 1.44 bits per heavy atom. The second kappa shape index (κ2) is 8.25. The average molecular weight is 385 g/mol. The molecule has 3 atom stereocenters. The third-order valence-corrected chi connectivity index (χ3v) is 4.95. The Hall–Kier alpha value is -1.50. The van der Waals surface area contributed by atoms with Gasteiger partial charge >= 0.3 is 12.2 Å². The molecule has 0 aromatic rings. The van der Waals surface area contributed by atoms with Crippen LogP contribution in [0.5, 0.6) is 0 Å². The highest BCUT2D eigenvalue weighted by atomic mass is 16.6. The molecule has 0 bridgehead atoms. The molecule has 0 unspecified atom stereocenters. The van der Waals surface area contributed by atoms with Crippen LogP contribution in [0.1, 0.15) is 73.6 Å². The summed E-state index contributed by atoms with van der Waals surface area (Å²) in [5.74, 6) is 0. The van der Waals surface area contributed by atoms with Crippen LogP contribution >= 0.6 is 0 Å². The minimum absolute atomic E-state index is 0.0521. The van der Waals surface area contributed by atoms with Crippen LogP contribution in [-0.4, -0.2) is 69.6 Å². The van der Waals surface area contributed by atoms with Crippen molar-refractivity contribution in [2.45, 2.75) is 103 Å². The minimum Gasteiger partial charge on any atom is -0.444 e. The number of rotatable bonds is 2. The van der Waals surface area contributed by atoms with E-state index in [0.29, 0.717) is 13.0 Å².